The molecule has 0 atom stereocenters. The van der Waals surface area contributed by atoms with Gasteiger partial charge in [-0.2, -0.15) is 0 Å². The lowest BCUT2D eigenvalue weighted by Crippen LogP contribution is -2.42. The van der Waals surface area contributed by atoms with Crippen LogP contribution in [-0.4, -0.2) is 43.9 Å². The summed E-state index contributed by atoms with van der Waals surface area (Å²) in [7, 11) is 0. The Kier molecular flexibility index (Phi) is 6.13. The topological polar surface area (TPSA) is 51.0 Å². The molecule has 0 spiro atoms. The zero-order valence-corrected chi connectivity index (χ0v) is 15.8. The number of hydrogen-bond acceptors (Lipinski definition) is 4. The molecule has 5 nitrogen and oxygen atoms in total. The summed E-state index contributed by atoms with van der Waals surface area (Å²) < 4.78 is 1.96. The zero-order chi connectivity index (χ0) is 17.6. The van der Waals surface area contributed by atoms with E-state index in [-0.39, 0.29) is 5.91 Å². The normalized spacial score (nSPS) is 15.3. The van der Waals surface area contributed by atoms with Crippen molar-refractivity contribution in [3.05, 3.63) is 36.2 Å². The molecule has 1 aromatic heterocycles. The first kappa shape index (κ1) is 18.0. The number of thioether (sulfide) groups is 1. The summed E-state index contributed by atoms with van der Waals surface area (Å²) in [6.45, 7) is 4.93. The molecule has 0 unspecified atom stereocenters. The number of benzene rings is 1. The Morgan fingerprint density at radius 2 is 2.04 bits per heavy atom. The van der Waals surface area contributed by atoms with E-state index in [1.165, 1.54) is 31.0 Å². The summed E-state index contributed by atoms with van der Waals surface area (Å²) in [5.41, 5.74) is 2.22. The SMILES string of the molecule is CCN(C(=O)CSc1nncn1-c1ccccc1C)C1CCCCC1. The van der Waals surface area contributed by atoms with Crippen LogP contribution in [0.1, 0.15) is 44.6 Å². The highest BCUT2D eigenvalue weighted by Gasteiger charge is 2.24. The van der Waals surface area contributed by atoms with Crippen molar-refractivity contribution in [2.24, 2.45) is 0 Å². The first-order valence-electron chi connectivity index (χ1n) is 9.09. The number of para-hydroxylation sites is 1. The molecular formula is C19H26N4OS. The molecule has 25 heavy (non-hydrogen) atoms. The highest BCUT2D eigenvalue weighted by atomic mass is 32.2. The van der Waals surface area contributed by atoms with Crippen molar-refractivity contribution in [1.29, 1.82) is 0 Å². The minimum Gasteiger partial charge on any atom is -0.339 e. The number of rotatable bonds is 6. The van der Waals surface area contributed by atoms with Crippen molar-refractivity contribution >= 4 is 17.7 Å². The predicted molar refractivity (Wildman–Crippen MR) is 101 cm³/mol. The van der Waals surface area contributed by atoms with E-state index in [1.807, 2.05) is 22.8 Å². The average molecular weight is 359 g/mol. The second-order valence-electron chi connectivity index (χ2n) is 6.53. The highest BCUT2D eigenvalue weighted by Crippen LogP contribution is 2.25. The third-order valence-corrected chi connectivity index (χ3v) is 5.82. The molecule has 1 heterocycles. The van der Waals surface area contributed by atoms with Gasteiger partial charge in [-0.1, -0.05) is 49.2 Å². The van der Waals surface area contributed by atoms with Crippen LogP contribution in [0, 0.1) is 6.92 Å². The van der Waals surface area contributed by atoms with Crippen LogP contribution < -0.4 is 0 Å². The monoisotopic (exact) mass is 358 g/mol. The Morgan fingerprint density at radius 1 is 1.28 bits per heavy atom. The molecule has 0 aliphatic heterocycles. The van der Waals surface area contributed by atoms with Crippen molar-refractivity contribution < 1.29 is 4.79 Å². The Hall–Kier alpha value is -1.82. The Bertz CT molecular complexity index is 709. The van der Waals surface area contributed by atoms with Crippen LogP contribution in [0.4, 0.5) is 0 Å². The van der Waals surface area contributed by atoms with Crippen LogP contribution in [0.5, 0.6) is 0 Å². The molecule has 0 N–H and O–H groups in total. The number of amides is 1. The van der Waals surface area contributed by atoms with Crippen LogP contribution in [-0.2, 0) is 4.79 Å². The molecule has 0 saturated heterocycles. The smallest absolute Gasteiger partial charge is 0.233 e. The molecule has 1 aromatic carbocycles. The molecular weight excluding hydrogens is 332 g/mol. The Labute approximate surface area is 153 Å². The minimum atomic E-state index is 0.207. The van der Waals surface area contributed by atoms with E-state index in [0.29, 0.717) is 11.8 Å². The molecule has 0 radical (unpaired) electrons. The number of carbonyl (C=O) groups excluding carboxylic acids is 1. The summed E-state index contributed by atoms with van der Waals surface area (Å²) >= 11 is 1.47. The van der Waals surface area contributed by atoms with Crippen molar-refractivity contribution in [1.82, 2.24) is 19.7 Å². The van der Waals surface area contributed by atoms with Crippen LogP contribution in [0.25, 0.3) is 5.69 Å². The molecule has 0 bridgehead atoms. The van der Waals surface area contributed by atoms with Gasteiger partial charge in [0.2, 0.25) is 5.91 Å². The van der Waals surface area contributed by atoms with Gasteiger partial charge in [-0.3, -0.25) is 9.36 Å². The summed E-state index contributed by atoms with van der Waals surface area (Å²) in [6.07, 6.45) is 7.78. The van der Waals surface area contributed by atoms with E-state index in [2.05, 4.69) is 35.0 Å². The molecule has 3 rings (SSSR count). The molecule has 134 valence electrons. The lowest BCUT2D eigenvalue weighted by Gasteiger charge is -2.33. The molecule has 1 saturated carbocycles. The maximum atomic E-state index is 12.7. The lowest BCUT2D eigenvalue weighted by atomic mass is 9.94. The predicted octanol–water partition coefficient (Wildman–Crippen LogP) is 3.85. The number of nitrogens with zero attached hydrogens (tertiary/aromatic N) is 4. The van der Waals surface area contributed by atoms with Gasteiger partial charge in [-0.05, 0) is 38.3 Å². The first-order chi connectivity index (χ1) is 12.2. The van der Waals surface area contributed by atoms with Crippen molar-refractivity contribution in [3.63, 3.8) is 0 Å². The van der Waals surface area contributed by atoms with Gasteiger partial charge in [0.05, 0.1) is 11.4 Å². The number of carbonyl (C=O) groups is 1. The lowest BCUT2D eigenvalue weighted by molar-refractivity contribution is -0.131. The molecule has 1 amide bonds. The molecule has 1 fully saturated rings. The second kappa shape index (κ2) is 8.52. The van der Waals surface area contributed by atoms with Gasteiger partial charge in [0.1, 0.15) is 6.33 Å². The van der Waals surface area contributed by atoms with Gasteiger partial charge in [-0.15, -0.1) is 10.2 Å². The molecule has 1 aliphatic rings. The van der Waals surface area contributed by atoms with E-state index < -0.39 is 0 Å². The summed E-state index contributed by atoms with van der Waals surface area (Å²) in [4.78, 5) is 14.8. The van der Waals surface area contributed by atoms with Gasteiger partial charge in [0, 0.05) is 12.6 Å². The van der Waals surface area contributed by atoms with Gasteiger partial charge < -0.3 is 4.90 Å². The fourth-order valence-electron chi connectivity index (χ4n) is 3.56. The number of hydrogen-bond donors (Lipinski definition) is 0. The molecule has 2 aromatic rings. The van der Waals surface area contributed by atoms with Gasteiger partial charge >= 0.3 is 0 Å². The summed E-state index contributed by atoms with van der Waals surface area (Å²) in [6, 6.07) is 8.55. The largest absolute Gasteiger partial charge is 0.339 e. The Balaban J connectivity index is 1.66. The standard InChI is InChI=1S/C19H26N4OS/c1-3-22(16-10-5-4-6-11-16)18(24)13-25-19-21-20-14-23(19)17-12-8-7-9-15(17)2/h7-9,12,14,16H,3-6,10-11,13H2,1-2H3. The summed E-state index contributed by atoms with van der Waals surface area (Å²) in [5, 5.41) is 9.01. The van der Waals surface area contributed by atoms with Crippen molar-refractivity contribution in [2.75, 3.05) is 12.3 Å². The fourth-order valence-corrected chi connectivity index (χ4v) is 4.37. The minimum absolute atomic E-state index is 0.207. The zero-order valence-electron chi connectivity index (χ0n) is 15.0. The quantitative estimate of drug-likeness (QED) is 0.736. The van der Waals surface area contributed by atoms with E-state index in [9.17, 15) is 4.79 Å². The first-order valence-corrected chi connectivity index (χ1v) is 10.1. The van der Waals surface area contributed by atoms with Crippen LogP contribution in [0.15, 0.2) is 35.7 Å². The van der Waals surface area contributed by atoms with Crippen molar-refractivity contribution in [2.45, 2.75) is 57.1 Å². The van der Waals surface area contributed by atoms with E-state index >= 15 is 0 Å². The third-order valence-electron chi connectivity index (χ3n) is 4.89. The van der Waals surface area contributed by atoms with E-state index in [0.717, 1.165) is 35.8 Å². The second-order valence-corrected chi connectivity index (χ2v) is 7.47. The van der Waals surface area contributed by atoms with Gasteiger partial charge in [0.15, 0.2) is 5.16 Å². The van der Waals surface area contributed by atoms with Crippen LogP contribution in [0.2, 0.25) is 0 Å². The van der Waals surface area contributed by atoms with Crippen LogP contribution in [0.3, 0.4) is 0 Å². The highest BCUT2D eigenvalue weighted by molar-refractivity contribution is 7.99. The average Bonchev–Trinajstić information content (AvgIpc) is 3.10. The van der Waals surface area contributed by atoms with Gasteiger partial charge in [-0.25, -0.2) is 0 Å². The molecule has 6 heteroatoms. The maximum Gasteiger partial charge on any atom is 0.233 e. The molecule has 1 aliphatic carbocycles. The van der Waals surface area contributed by atoms with E-state index in [1.54, 1.807) is 6.33 Å². The summed E-state index contributed by atoms with van der Waals surface area (Å²) in [5.74, 6) is 0.619. The number of aryl methyl sites for hydroxylation is 1. The van der Waals surface area contributed by atoms with Gasteiger partial charge in [0.25, 0.3) is 0 Å². The Morgan fingerprint density at radius 3 is 2.76 bits per heavy atom. The maximum absolute atomic E-state index is 12.7. The van der Waals surface area contributed by atoms with E-state index in [4.69, 9.17) is 0 Å². The third kappa shape index (κ3) is 4.24. The van der Waals surface area contributed by atoms with Crippen LogP contribution >= 0.6 is 11.8 Å². The number of aromatic nitrogens is 3. The fraction of sp³-hybridized carbons (Fsp3) is 0.526. The van der Waals surface area contributed by atoms with Crippen molar-refractivity contribution in [3.8, 4) is 5.69 Å².